The highest BCUT2D eigenvalue weighted by molar-refractivity contribution is 7.25. The number of thiophene rings is 1. The van der Waals surface area contributed by atoms with E-state index < -0.39 is 0 Å². The van der Waals surface area contributed by atoms with Crippen LogP contribution in [0.15, 0.2) is 11.1 Å². The summed E-state index contributed by atoms with van der Waals surface area (Å²) in [5, 5.41) is 1.11. The van der Waals surface area contributed by atoms with Gasteiger partial charge in [0.05, 0.1) is 11.8 Å². The third-order valence-electron chi connectivity index (χ3n) is 6.11. The van der Waals surface area contributed by atoms with E-state index >= 15 is 0 Å². The number of nitrogens with one attached hydrogen (secondary N) is 1. The normalized spacial score (nSPS) is 20.3. The first-order chi connectivity index (χ1) is 12.9. The summed E-state index contributed by atoms with van der Waals surface area (Å²) in [6.07, 6.45) is 4.76. The number of likely N-dealkylation sites (N-methyl/N-ethyl adjacent to an activating group) is 1. The first-order valence-electron chi connectivity index (χ1n) is 9.68. The third-order valence-corrected chi connectivity index (χ3v) is 7.18. The molecule has 142 valence electrons. The van der Waals surface area contributed by atoms with Crippen LogP contribution in [0.3, 0.4) is 0 Å². The second-order valence-electron chi connectivity index (χ2n) is 8.72. The quantitative estimate of drug-likeness (QED) is 0.700. The minimum atomic E-state index is -0.0621. The molecule has 0 atom stereocenters. The van der Waals surface area contributed by atoms with Gasteiger partial charge in [-0.25, -0.2) is 9.97 Å². The fourth-order valence-electron chi connectivity index (χ4n) is 4.48. The Bertz CT molecular complexity index is 1090. The van der Waals surface area contributed by atoms with E-state index in [1.54, 1.807) is 0 Å². The molecular weight excluding hydrogens is 358 g/mol. The molecule has 1 saturated heterocycles. The Balaban J connectivity index is 1.79. The summed E-state index contributed by atoms with van der Waals surface area (Å²) in [4.78, 5) is 30.5. The summed E-state index contributed by atoms with van der Waals surface area (Å²) >= 11 is 1.49. The van der Waals surface area contributed by atoms with Crippen LogP contribution in [-0.2, 0) is 12.8 Å². The van der Waals surface area contributed by atoms with E-state index in [-0.39, 0.29) is 11.0 Å². The van der Waals surface area contributed by atoms with Gasteiger partial charge in [0.15, 0.2) is 0 Å². The molecule has 6 nitrogen and oxygen atoms in total. The number of hydrogen-bond donors (Lipinski definition) is 1. The Hall–Kier alpha value is -1.99. The molecule has 4 heterocycles. The van der Waals surface area contributed by atoms with Gasteiger partial charge in [-0.2, -0.15) is 0 Å². The van der Waals surface area contributed by atoms with Gasteiger partial charge in [0.2, 0.25) is 0 Å². The van der Waals surface area contributed by atoms with Crippen molar-refractivity contribution in [2.75, 3.05) is 38.1 Å². The van der Waals surface area contributed by atoms with E-state index in [0.717, 1.165) is 60.6 Å². The number of hydrogen-bond acceptors (Lipinski definition) is 6. The van der Waals surface area contributed by atoms with Crippen LogP contribution in [-0.4, -0.2) is 53.1 Å². The molecule has 27 heavy (non-hydrogen) atoms. The number of aromatic nitrogens is 3. The lowest BCUT2D eigenvalue weighted by Crippen LogP contribution is -2.45. The second kappa shape index (κ2) is 6.01. The zero-order valence-corrected chi connectivity index (χ0v) is 16.9. The minimum absolute atomic E-state index is 0.0621. The summed E-state index contributed by atoms with van der Waals surface area (Å²) in [6.45, 7) is 8.82. The van der Waals surface area contributed by atoms with Crippen molar-refractivity contribution in [1.29, 1.82) is 0 Å². The van der Waals surface area contributed by atoms with Crippen LogP contribution in [0.25, 0.3) is 20.4 Å². The molecule has 3 aromatic heterocycles. The summed E-state index contributed by atoms with van der Waals surface area (Å²) in [7, 11) is 2.18. The fourth-order valence-corrected chi connectivity index (χ4v) is 5.53. The minimum Gasteiger partial charge on any atom is -0.354 e. The highest BCUT2D eigenvalue weighted by Crippen LogP contribution is 2.44. The number of nitrogens with zero attached hydrogens (tertiary/aromatic N) is 4. The van der Waals surface area contributed by atoms with Crippen LogP contribution in [0.1, 0.15) is 31.4 Å². The highest BCUT2D eigenvalue weighted by Gasteiger charge is 2.32. The average molecular weight is 384 g/mol. The number of anilines is 1. The molecular formula is C20H25N5OS. The standard InChI is InChI=1S/C20H25N5OS/c1-20(2)5-4-12-13(10-20)14-15-16(18(26)22-11-21-15)27-19(14)23-17(12)25-8-6-24(3)7-9-25/h11H,4-10H2,1-3H3,(H,21,22,26). The number of pyridine rings is 1. The summed E-state index contributed by atoms with van der Waals surface area (Å²) in [5.41, 5.74) is 3.77. The molecule has 1 fully saturated rings. The van der Waals surface area contributed by atoms with E-state index in [0.29, 0.717) is 4.70 Å². The molecule has 1 aliphatic carbocycles. The van der Waals surface area contributed by atoms with Gasteiger partial charge in [-0.15, -0.1) is 11.3 Å². The lowest BCUT2D eigenvalue weighted by atomic mass is 9.73. The zero-order valence-electron chi connectivity index (χ0n) is 16.1. The van der Waals surface area contributed by atoms with Gasteiger partial charge in [0.25, 0.3) is 5.56 Å². The maximum Gasteiger partial charge on any atom is 0.268 e. The predicted octanol–water partition coefficient (Wildman–Crippen LogP) is 2.80. The monoisotopic (exact) mass is 383 g/mol. The lowest BCUT2D eigenvalue weighted by molar-refractivity contribution is 0.307. The smallest absolute Gasteiger partial charge is 0.268 e. The van der Waals surface area contributed by atoms with Crippen LogP contribution < -0.4 is 10.5 Å². The van der Waals surface area contributed by atoms with Crippen LogP contribution in [0, 0.1) is 5.41 Å². The number of H-pyrrole nitrogens is 1. The van der Waals surface area contributed by atoms with Crippen molar-refractivity contribution in [3.05, 3.63) is 27.8 Å². The van der Waals surface area contributed by atoms with Gasteiger partial charge < -0.3 is 14.8 Å². The van der Waals surface area contributed by atoms with Crippen LogP contribution >= 0.6 is 11.3 Å². The summed E-state index contributed by atoms with van der Waals surface area (Å²) in [6, 6.07) is 0. The van der Waals surface area contributed by atoms with Crippen molar-refractivity contribution in [1.82, 2.24) is 19.9 Å². The molecule has 0 aromatic carbocycles. The Morgan fingerprint density at radius 3 is 2.74 bits per heavy atom. The van der Waals surface area contributed by atoms with Crippen molar-refractivity contribution in [3.8, 4) is 0 Å². The molecule has 0 saturated carbocycles. The largest absolute Gasteiger partial charge is 0.354 e. The first kappa shape index (κ1) is 17.1. The molecule has 3 aromatic rings. The topological polar surface area (TPSA) is 65.1 Å². The van der Waals surface area contributed by atoms with Gasteiger partial charge in [0, 0.05) is 31.6 Å². The van der Waals surface area contributed by atoms with E-state index in [9.17, 15) is 4.79 Å². The molecule has 0 spiro atoms. The van der Waals surface area contributed by atoms with Gasteiger partial charge in [-0.05, 0) is 42.9 Å². The molecule has 0 bridgehead atoms. The highest BCUT2D eigenvalue weighted by atomic mass is 32.1. The van der Waals surface area contributed by atoms with Crippen molar-refractivity contribution in [3.63, 3.8) is 0 Å². The average Bonchev–Trinajstić information content (AvgIpc) is 3.01. The molecule has 2 aliphatic rings. The van der Waals surface area contributed by atoms with Crippen LogP contribution in [0.2, 0.25) is 0 Å². The maximum absolute atomic E-state index is 12.3. The predicted molar refractivity (Wildman–Crippen MR) is 111 cm³/mol. The van der Waals surface area contributed by atoms with Crippen molar-refractivity contribution in [2.24, 2.45) is 5.41 Å². The number of fused-ring (bicyclic) bond motifs is 5. The Morgan fingerprint density at radius 2 is 1.96 bits per heavy atom. The molecule has 0 amide bonds. The van der Waals surface area contributed by atoms with E-state index in [4.69, 9.17) is 4.98 Å². The molecule has 7 heteroatoms. The fraction of sp³-hybridized carbons (Fsp3) is 0.550. The Kier molecular flexibility index (Phi) is 3.81. The van der Waals surface area contributed by atoms with Gasteiger partial charge >= 0.3 is 0 Å². The van der Waals surface area contributed by atoms with Gasteiger partial charge in [-0.3, -0.25) is 4.79 Å². The third kappa shape index (κ3) is 2.75. The molecule has 1 N–H and O–H groups in total. The maximum atomic E-state index is 12.3. The second-order valence-corrected chi connectivity index (χ2v) is 9.71. The zero-order chi connectivity index (χ0) is 18.8. The van der Waals surface area contributed by atoms with Crippen molar-refractivity contribution < 1.29 is 0 Å². The number of rotatable bonds is 1. The van der Waals surface area contributed by atoms with Crippen LogP contribution in [0.4, 0.5) is 5.82 Å². The SMILES string of the molecule is CN1CCN(c2nc3sc4c(=O)[nH]cnc4c3c3c2CCC(C)(C)C3)CC1. The summed E-state index contributed by atoms with van der Waals surface area (Å²) in [5.74, 6) is 1.14. The first-order valence-corrected chi connectivity index (χ1v) is 10.5. The van der Waals surface area contributed by atoms with E-state index in [2.05, 4.69) is 40.7 Å². The molecule has 1 aliphatic heterocycles. The Labute approximate surface area is 162 Å². The molecule has 0 unspecified atom stereocenters. The molecule has 0 radical (unpaired) electrons. The summed E-state index contributed by atoms with van der Waals surface area (Å²) < 4.78 is 0.695. The number of piperazine rings is 1. The van der Waals surface area contributed by atoms with Gasteiger partial charge in [0.1, 0.15) is 15.3 Å². The molecule has 5 rings (SSSR count). The van der Waals surface area contributed by atoms with E-state index in [1.165, 1.54) is 35.2 Å². The Morgan fingerprint density at radius 1 is 1.19 bits per heavy atom. The van der Waals surface area contributed by atoms with Crippen molar-refractivity contribution in [2.45, 2.75) is 33.1 Å². The van der Waals surface area contributed by atoms with Crippen molar-refractivity contribution >= 4 is 37.6 Å². The lowest BCUT2D eigenvalue weighted by Gasteiger charge is -2.38. The number of aromatic amines is 1. The van der Waals surface area contributed by atoms with Crippen LogP contribution in [0.5, 0.6) is 0 Å². The van der Waals surface area contributed by atoms with Gasteiger partial charge in [-0.1, -0.05) is 13.8 Å². The van der Waals surface area contributed by atoms with E-state index in [1.807, 2.05) is 0 Å².